The Morgan fingerprint density at radius 3 is 1.82 bits per heavy atom. The molecule has 3 aromatic rings. The van der Waals surface area contributed by atoms with Crippen molar-refractivity contribution in [1.29, 1.82) is 0 Å². The third-order valence-electron chi connectivity index (χ3n) is 22.8. The van der Waals surface area contributed by atoms with Crippen LogP contribution in [0.1, 0.15) is 166 Å². The van der Waals surface area contributed by atoms with Gasteiger partial charge in [0.2, 0.25) is 65.0 Å². The first kappa shape index (κ1) is 90.4. The zero-order valence-electron chi connectivity index (χ0n) is 67.4. The molecule has 0 radical (unpaired) electrons. The van der Waals surface area contributed by atoms with Crippen LogP contribution in [0.5, 0.6) is 0 Å². The van der Waals surface area contributed by atoms with E-state index in [9.17, 15) is 79.8 Å². The van der Waals surface area contributed by atoms with Gasteiger partial charge in [-0.2, -0.15) is 13.2 Å². The number of benzene rings is 3. The summed E-state index contributed by atoms with van der Waals surface area (Å²) < 4.78 is 74.1. The topological polar surface area (TPSA) is 317 Å². The van der Waals surface area contributed by atoms with Gasteiger partial charge in [-0.1, -0.05) is 120 Å². The monoisotopic (exact) mass is 1590 g/mol. The average Bonchev–Trinajstić information content (AvgIpc) is 1.68. The molecule has 12 amide bonds. The van der Waals surface area contributed by atoms with Crippen LogP contribution in [0.4, 0.5) is 26.7 Å². The second kappa shape index (κ2) is 39.8. The highest BCUT2D eigenvalue weighted by Gasteiger charge is 2.52. The van der Waals surface area contributed by atoms with Crippen molar-refractivity contribution in [2.75, 3.05) is 75.5 Å². The fraction of sp³-hybridized carbons (Fsp3) is 0.617. The summed E-state index contributed by atoms with van der Waals surface area (Å²) in [5.41, 5.74) is -1.61. The van der Waals surface area contributed by atoms with Crippen LogP contribution in [0.15, 0.2) is 66.7 Å². The highest BCUT2D eigenvalue weighted by Crippen LogP contribution is 2.38. The average molecular weight is 1590 g/mol. The summed E-state index contributed by atoms with van der Waals surface area (Å²) in [5, 5.41) is 18.2. The van der Waals surface area contributed by atoms with Crippen LogP contribution >= 0.6 is 0 Å². The smallest absolute Gasteiger partial charge is 0.422 e. The van der Waals surface area contributed by atoms with Crippen LogP contribution in [0.2, 0.25) is 0 Å². The van der Waals surface area contributed by atoms with E-state index >= 15 is 9.59 Å². The van der Waals surface area contributed by atoms with E-state index in [-0.39, 0.29) is 75.7 Å². The molecule has 2 saturated heterocycles. The van der Waals surface area contributed by atoms with Gasteiger partial charge in [0, 0.05) is 75.4 Å². The van der Waals surface area contributed by atoms with Gasteiger partial charge in [-0.05, 0) is 132 Å². The van der Waals surface area contributed by atoms with Gasteiger partial charge in [0.25, 0.3) is 0 Å². The second-order valence-corrected chi connectivity index (χ2v) is 31.4. The summed E-state index contributed by atoms with van der Waals surface area (Å²) in [6.07, 6.45) is -1.89. The minimum absolute atomic E-state index is 0.00342. The number of hydrogen-bond acceptors (Lipinski definition) is 14. The van der Waals surface area contributed by atoms with Crippen LogP contribution in [-0.2, 0) is 87.9 Å². The van der Waals surface area contributed by atoms with Gasteiger partial charge in [-0.25, -0.2) is 18.4 Å². The lowest BCUT2D eigenvalue weighted by Gasteiger charge is -2.45. The number of alkyl halides is 3. The van der Waals surface area contributed by atoms with Gasteiger partial charge in [-0.15, -0.1) is 0 Å². The zero-order chi connectivity index (χ0) is 83.8. The van der Waals surface area contributed by atoms with Gasteiger partial charge >= 0.3 is 18.2 Å². The van der Waals surface area contributed by atoms with Gasteiger partial charge in [0.05, 0.1) is 13.0 Å². The molecule has 3 aromatic carbocycles. The van der Waals surface area contributed by atoms with E-state index in [1.54, 1.807) is 45.0 Å². The van der Waals surface area contributed by atoms with E-state index in [1.807, 2.05) is 51.1 Å². The number of carboxylic acids is 1. The molecule has 2 heterocycles. The summed E-state index contributed by atoms with van der Waals surface area (Å²) in [7, 11) is 9.88. The highest BCUT2D eigenvalue weighted by atomic mass is 19.4. The molecule has 2 aliphatic carbocycles. The first-order chi connectivity index (χ1) is 53.2. The van der Waals surface area contributed by atoms with E-state index < -0.39 is 192 Å². The maximum atomic E-state index is 15.4. The van der Waals surface area contributed by atoms with E-state index in [1.165, 1.54) is 90.6 Å². The molecule has 622 valence electrons. The fourth-order valence-corrected chi connectivity index (χ4v) is 15.6. The Balaban J connectivity index is 1.03. The molecule has 7 rings (SSSR count). The Hall–Kier alpha value is -9.78. The molecule has 113 heavy (non-hydrogen) atoms. The molecular weight excluding hydrogens is 1480 g/mol. The van der Waals surface area contributed by atoms with Crippen LogP contribution < -0.4 is 16.0 Å². The number of carbonyl (C=O) groups is 13. The Labute approximate surface area is 658 Å². The van der Waals surface area contributed by atoms with Crippen molar-refractivity contribution in [2.24, 2.45) is 17.8 Å². The van der Waals surface area contributed by atoms with E-state index in [0.717, 1.165) is 33.8 Å². The number of aliphatic carboxylic acids is 1. The Bertz CT molecular complexity index is 3890. The minimum Gasteiger partial charge on any atom is -0.480 e. The van der Waals surface area contributed by atoms with Crippen LogP contribution in [0, 0.1) is 36.3 Å². The number of halogens is 5. The maximum absolute atomic E-state index is 15.4. The number of carbonyl (C=O) groups excluding carboxylic acids is 12. The van der Waals surface area contributed by atoms with Crippen molar-refractivity contribution in [1.82, 2.24) is 60.0 Å². The van der Waals surface area contributed by atoms with Gasteiger partial charge in [0.15, 0.2) is 0 Å². The molecule has 0 spiro atoms. The molecule has 0 bridgehead atoms. The molecule has 2 saturated carbocycles. The first-order valence-electron chi connectivity index (χ1n) is 39.0. The molecule has 32 heteroatoms. The molecule has 4 fully saturated rings. The summed E-state index contributed by atoms with van der Waals surface area (Å²) in [4.78, 5) is 199. The number of hydrogen-bond donors (Lipinski definition) is 4. The normalized spacial score (nSPS) is 18.2. The maximum Gasteiger partial charge on any atom is 0.422 e. The summed E-state index contributed by atoms with van der Waals surface area (Å²) >= 11 is 0. The summed E-state index contributed by atoms with van der Waals surface area (Å²) in [6, 6.07) is 5.53. The number of nitrogens with zero attached hydrogens (tertiary/aromatic N) is 9. The Kier molecular flexibility index (Phi) is 31.8. The number of amides is 12. The van der Waals surface area contributed by atoms with E-state index in [2.05, 4.69) is 16.0 Å². The molecule has 4 N–H and O–H groups in total. The molecule has 27 nitrogen and oxygen atoms in total. The van der Waals surface area contributed by atoms with Gasteiger partial charge in [0.1, 0.15) is 83.7 Å². The number of likely N-dealkylation sites (tertiary alicyclic amines) is 2. The lowest BCUT2D eigenvalue weighted by Crippen LogP contribution is -2.65. The largest absolute Gasteiger partial charge is 0.480 e. The van der Waals surface area contributed by atoms with Gasteiger partial charge < -0.3 is 65.0 Å². The predicted molar refractivity (Wildman–Crippen MR) is 407 cm³/mol. The Morgan fingerprint density at radius 1 is 0.655 bits per heavy atom. The Morgan fingerprint density at radius 2 is 1.27 bits per heavy atom. The quantitative estimate of drug-likeness (QED) is 0.0426. The number of carboxylic acid groups (broad SMARTS) is 1. The number of nitrogens with one attached hydrogen (secondary N) is 3. The van der Waals surface area contributed by atoms with Crippen LogP contribution in [-0.4, -0.2) is 262 Å². The minimum atomic E-state index is -5.34. The molecular formula is C81H113F5N12O15. The molecule has 4 aliphatic rings. The van der Waals surface area contributed by atoms with Crippen molar-refractivity contribution < 1.29 is 94.1 Å². The third kappa shape index (κ3) is 22.4. The second-order valence-electron chi connectivity index (χ2n) is 31.4. The number of likely N-dealkylation sites (N-methyl/N-ethyl adjacent to an activating group) is 7. The molecule has 10 atom stereocenters. The van der Waals surface area contributed by atoms with E-state index in [0.29, 0.717) is 62.6 Å². The standard InChI is InChI=1S/C81H113F5N12O15/c1-15-50(6)67(75(107)92(11)51(7)71(103)97-40-36-60(97)74(106)96(16-2)63(44-52-32-30-49(5)31-33-52)73(105)91(10)46-64(99)87-58(77(109)110)35-34-54-42-56(82)66(57(83)43-54)81(84,85)86)88-69(101)61(41-48(3)4)93(12)65(100)45-62(72(104)90(8)9)94(13)76(108)68(55-27-20-21-28-55)95(14)78(111)80(37-22-23-38-80)89-70(102)59-29-24-39-98(59)79(112)113-47-53-25-18-17-19-26-53/h17-19,25-26,30-33,42-43,48,50-51,55,58-63,67-68H,15-16,20-24,27-29,34-41,44-47H2,1-14H3,(H,87,99)(H,88,101)(H,89,102)(H,109,110)/t50-,51-,58-,59-,60-,61-,62-,63-,67-,68-/m0/s1. The molecule has 0 unspecified atom stereocenters. The van der Waals surface area contributed by atoms with Crippen molar-refractivity contribution in [3.63, 3.8) is 0 Å². The third-order valence-corrected chi connectivity index (χ3v) is 22.8. The fourth-order valence-electron chi connectivity index (χ4n) is 15.6. The van der Waals surface area contributed by atoms with Crippen molar-refractivity contribution in [2.45, 2.75) is 230 Å². The first-order valence-corrected chi connectivity index (χ1v) is 39.0. The van der Waals surface area contributed by atoms with E-state index in [4.69, 9.17) is 4.74 Å². The lowest BCUT2D eigenvalue weighted by molar-refractivity contribution is -0.161. The number of ether oxygens (including phenoxy) is 1. The highest BCUT2D eigenvalue weighted by molar-refractivity contribution is 6.01. The number of rotatable bonds is 35. The SMILES string of the molecule is CC[C@H](C)[C@H](NC(=O)[C@H](CC(C)C)N(C)C(=O)C[C@@H](C(=O)N(C)C)N(C)C(=O)[C@H](C1CCCC1)N(C)C(=O)C1(NC(=O)[C@@H]2CCCN2C(=O)OCc2ccccc2)CCCC1)C(=O)N(C)[C@@H](C)C(=O)N1CC[C@H]1C(=O)N(CC)[C@@H](Cc1ccc(C)cc1)C(=O)N(C)CC(=O)N[C@@H](CCc1cc(F)c(C(F)(F)F)c(F)c1)C(=O)O. The molecule has 2 aliphatic heterocycles. The zero-order valence-corrected chi connectivity index (χ0v) is 67.4. The van der Waals surface area contributed by atoms with Crippen molar-refractivity contribution in [3.8, 4) is 0 Å². The van der Waals surface area contributed by atoms with Gasteiger partial charge in [-0.3, -0.25) is 57.6 Å². The van der Waals surface area contributed by atoms with Crippen LogP contribution in [0.25, 0.3) is 0 Å². The summed E-state index contributed by atoms with van der Waals surface area (Å²) in [6.45, 7) is 11.6. The predicted octanol–water partition coefficient (Wildman–Crippen LogP) is 7.12. The summed E-state index contributed by atoms with van der Waals surface area (Å²) in [5.74, 6) is -14.0. The lowest BCUT2D eigenvalue weighted by atomic mass is 9.90. The molecule has 0 aromatic heterocycles. The van der Waals surface area contributed by atoms with Crippen LogP contribution in [0.3, 0.4) is 0 Å². The number of aryl methyl sites for hydroxylation is 2. The van der Waals surface area contributed by atoms with Crippen molar-refractivity contribution >= 4 is 77.0 Å². The van der Waals surface area contributed by atoms with Crippen molar-refractivity contribution in [3.05, 3.63) is 106 Å².